The second-order valence-corrected chi connectivity index (χ2v) is 6.20. The van der Waals surface area contributed by atoms with Crippen molar-refractivity contribution in [1.29, 1.82) is 0 Å². The molecule has 0 aliphatic rings. The van der Waals surface area contributed by atoms with Crippen LogP contribution in [0.15, 0.2) is 28.2 Å². The normalized spacial score (nSPS) is 10.9. The van der Waals surface area contributed by atoms with E-state index in [1.165, 1.54) is 11.8 Å². The third kappa shape index (κ3) is 4.46. The van der Waals surface area contributed by atoms with Crippen molar-refractivity contribution in [3.8, 4) is 0 Å². The Kier molecular flexibility index (Phi) is 6.44. The highest BCUT2D eigenvalue weighted by molar-refractivity contribution is 7.99. The lowest BCUT2D eigenvalue weighted by Crippen LogP contribution is -2.25. The molecule has 0 aliphatic heterocycles. The molecule has 0 bridgehead atoms. The fourth-order valence-corrected chi connectivity index (χ4v) is 3.11. The lowest BCUT2D eigenvalue weighted by Gasteiger charge is -2.12. The maximum absolute atomic E-state index is 12.7. The molecule has 0 spiro atoms. The average molecular weight is 356 g/mol. The summed E-state index contributed by atoms with van der Waals surface area (Å²) in [5, 5.41) is 4.08. The molecule has 0 atom stereocenters. The van der Waals surface area contributed by atoms with Crippen LogP contribution >= 0.6 is 23.4 Å². The van der Waals surface area contributed by atoms with Crippen LogP contribution < -0.4 is 10.9 Å². The first-order valence-electron chi connectivity index (χ1n) is 7.09. The van der Waals surface area contributed by atoms with Gasteiger partial charge in [0.1, 0.15) is 0 Å². The van der Waals surface area contributed by atoms with Gasteiger partial charge in [0.15, 0.2) is 5.16 Å². The number of hydrogen-bond donors (Lipinski definition) is 1. The van der Waals surface area contributed by atoms with Gasteiger partial charge < -0.3 is 10.1 Å². The third-order valence-corrected chi connectivity index (χ3v) is 4.44. The van der Waals surface area contributed by atoms with Gasteiger partial charge in [-0.1, -0.05) is 23.4 Å². The molecular formula is C15H18ClN3O3S. The summed E-state index contributed by atoms with van der Waals surface area (Å²) in [6.45, 7) is 1.03. The summed E-state index contributed by atoms with van der Waals surface area (Å²) in [6, 6.07) is 5.00. The minimum atomic E-state index is -0.137. The fraction of sp³-hybridized carbons (Fsp3) is 0.400. The quantitative estimate of drug-likeness (QED) is 0.466. The zero-order chi connectivity index (χ0) is 16.8. The van der Waals surface area contributed by atoms with Crippen LogP contribution in [0.2, 0.25) is 5.02 Å². The van der Waals surface area contributed by atoms with E-state index in [4.69, 9.17) is 16.3 Å². The van der Waals surface area contributed by atoms with Crippen molar-refractivity contribution >= 4 is 40.2 Å². The molecular weight excluding hydrogens is 338 g/mol. The standard InChI is InChI=1S/C15H18ClN3O3S/c1-17-13(20)9-23-15-18-12-8-10(16)4-5-11(12)14(21)19(15)6-3-7-22-2/h4-5,8H,3,6-7,9H2,1-2H3,(H,17,20). The molecule has 0 aliphatic carbocycles. The number of nitrogens with zero attached hydrogens (tertiary/aromatic N) is 2. The van der Waals surface area contributed by atoms with E-state index < -0.39 is 0 Å². The van der Waals surface area contributed by atoms with Crippen molar-refractivity contribution in [2.24, 2.45) is 0 Å². The van der Waals surface area contributed by atoms with E-state index in [-0.39, 0.29) is 17.2 Å². The lowest BCUT2D eigenvalue weighted by molar-refractivity contribution is -0.118. The average Bonchev–Trinajstić information content (AvgIpc) is 2.54. The van der Waals surface area contributed by atoms with Gasteiger partial charge in [0.2, 0.25) is 5.91 Å². The van der Waals surface area contributed by atoms with Crippen LogP contribution in [0, 0.1) is 0 Å². The van der Waals surface area contributed by atoms with E-state index in [2.05, 4.69) is 10.3 Å². The highest BCUT2D eigenvalue weighted by atomic mass is 35.5. The first-order chi connectivity index (χ1) is 11.1. The maximum Gasteiger partial charge on any atom is 0.262 e. The van der Waals surface area contributed by atoms with E-state index in [0.29, 0.717) is 40.7 Å². The van der Waals surface area contributed by atoms with E-state index in [1.54, 1.807) is 36.9 Å². The van der Waals surface area contributed by atoms with Crippen molar-refractivity contribution in [2.75, 3.05) is 26.5 Å². The van der Waals surface area contributed by atoms with Crippen molar-refractivity contribution in [3.63, 3.8) is 0 Å². The van der Waals surface area contributed by atoms with E-state index in [0.717, 1.165) is 0 Å². The summed E-state index contributed by atoms with van der Waals surface area (Å²) in [6.07, 6.45) is 0.685. The summed E-state index contributed by atoms with van der Waals surface area (Å²) in [5.41, 5.74) is 0.395. The highest BCUT2D eigenvalue weighted by Crippen LogP contribution is 2.20. The smallest absolute Gasteiger partial charge is 0.262 e. The van der Waals surface area contributed by atoms with Gasteiger partial charge in [-0.2, -0.15) is 0 Å². The molecule has 2 aromatic rings. The Morgan fingerprint density at radius 3 is 2.96 bits per heavy atom. The van der Waals surface area contributed by atoms with Crippen molar-refractivity contribution in [2.45, 2.75) is 18.1 Å². The Morgan fingerprint density at radius 1 is 1.48 bits per heavy atom. The maximum atomic E-state index is 12.7. The van der Waals surface area contributed by atoms with Crippen LogP contribution in [0.5, 0.6) is 0 Å². The number of carbonyl (C=O) groups excluding carboxylic acids is 1. The van der Waals surface area contributed by atoms with E-state index in [1.807, 2.05) is 0 Å². The Balaban J connectivity index is 2.44. The number of benzene rings is 1. The van der Waals surface area contributed by atoms with Gasteiger partial charge in [0.05, 0.1) is 16.7 Å². The number of methoxy groups -OCH3 is 1. The van der Waals surface area contributed by atoms with Gasteiger partial charge in [-0.15, -0.1) is 0 Å². The van der Waals surface area contributed by atoms with Gasteiger partial charge >= 0.3 is 0 Å². The van der Waals surface area contributed by atoms with Crippen LogP contribution in [0.3, 0.4) is 0 Å². The zero-order valence-electron chi connectivity index (χ0n) is 13.0. The van der Waals surface area contributed by atoms with Crippen LogP contribution in [-0.4, -0.2) is 42.0 Å². The van der Waals surface area contributed by atoms with Crippen molar-refractivity contribution in [3.05, 3.63) is 33.6 Å². The van der Waals surface area contributed by atoms with Gasteiger partial charge in [0.25, 0.3) is 5.56 Å². The first kappa shape index (κ1) is 17.8. The van der Waals surface area contributed by atoms with Crippen LogP contribution in [-0.2, 0) is 16.1 Å². The predicted octanol–water partition coefficient (Wildman–Crippen LogP) is 1.92. The molecule has 23 heavy (non-hydrogen) atoms. The number of aromatic nitrogens is 2. The second-order valence-electron chi connectivity index (χ2n) is 4.82. The summed E-state index contributed by atoms with van der Waals surface area (Å²) < 4.78 is 6.62. The molecule has 124 valence electrons. The molecule has 8 heteroatoms. The SMILES string of the molecule is CNC(=O)CSc1nc2cc(Cl)ccc2c(=O)n1CCCOC. The van der Waals surface area contributed by atoms with Crippen LogP contribution in [0.25, 0.3) is 10.9 Å². The second kappa shape index (κ2) is 8.33. The monoisotopic (exact) mass is 355 g/mol. The van der Waals surface area contributed by atoms with E-state index in [9.17, 15) is 9.59 Å². The zero-order valence-corrected chi connectivity index (χ0v) is 14.5. The molecule has 1 aromatic heterocycles. The lowest BCUT2D eigenvalue weighted by atomic mass is 10.2. The first-order valence-corrected chi connectivity index (χ1v) is 8.45. The summed E-state index contributed by atoms with van der Waals surface area (Å²) in [5.74, 6) is 0.0677. The number of nitrogens with one attached hydrogen (secondary N) is 1. The molecule has 1 heterocycles. The topological polar surface area (TPSA) is 73.2 Å². The molecule has 0 unspecified atom stereocenters. The van der Waals surface area contributed by atoms with Gasteiger partial charge in [0, 0.05) is 32.3 Å². The highest BCUT2D eigenvalue weighted by Gasteiger charge is 2.13. The Hall–Kier alpha value is -1.57. The number of hydrogen-bond acceptors (Lipinski definition) is 5. The Bertz CT molecular complexity index is 763. The molecule has 0 fully saturated rings. The van der Waals surface area contributed by atoms with Gasteiger partial charge in [-0.3, -0.25) is 14.2 Å². The predicted molar refractivity (Wildman–Crippen MR) is 92.3 cm³/mol. The molecule has 0 saturated carbocycles. The van der Waals surface area contributed by atoms with Crippen molar-refractivity contribution < 1.29 is 9.53 Å². The number of thioether (sulfide) groups is 1. The summed E-state index contributed by atoms with van der Waals surface area (Å²) >= 11 is 7.21. The number of rotatable bonds is 7. The number of fused-ring (bicyclic) bond motifs is 1. The molecule has 1 aromatic carbocycles. The number of ether oxygens (including phenoxy) is 1. The van der Waals surface area contributed by atoms with Crippen LogP contribution in [0.4, 0.5) is 0 Å². The molecule has 0 radical (unpaired) electrons. The number of carbonyl (C=O) groups is 1. The number of halogens is 1. The summed E-state index contributed by atoms with van der Waals surface area (Å²) in [4.78, 5) is 28.7. The minimum Gasteiger partial charge on any atom is -0.385 e. The van der Waals surface area contributed by atoms with Gasteiger partial charge in [-0.05, 0) is 24.6 Å². The van der Waals surface area contributed by atoms with Crippen LogP contribution in [0.1, 0.15) is 6.42 Å². The largest absolute Gasteiger partial charge is 0.385 e. The Morgan fingerprint density at radius 2 is 2.26 bits per heavy atom. The summed E-state index contributed by atoms with van der Waals surface area (Å²) in [7, 11) is 3.19. The molecule has 6 nitrogen and oxygen atoms in total. The number of amides is 1. The van der Waals surface area contributed by atoms with Crippen molar-refractivity contribution in [1.82, 2.24) is 14.9 Å². The fourth-order valence-electron chi connectivity index (χ4n) is 2.05. The van der Waals surface area contributed by atoms with E-state index >= 15 is 0 Å². The minimum absolute atomic E-state index is 0.126. The molecule has 1 N–H and O–H groups in total. The molecule has 0 saturated heterocycles. The third-order valence-electron chi connectivity index (χ3n) is 3.22. The Labute approximate surface area is 143 Å². The molecule has 2 rings (SSSR count). The molecule has 1 amide bonds. The van der Waals surface area contributed by atoms with Gasteiger partial charge in [-0.25, -0.2) is 4.98 Å².